The van der Waals surface area contributed by atoms with Gasteiger partial charge in [-0.05, 0) is 54.7 Å². The van der Waals surface area contributed by atoms with E-state index in [4.69, 9.17) is 5.41 Å². The minimum absolute atomic E-state index is 0.0875. The van der Waals surface area contributed by atoms with Crippen LogP contribution >= 0.6 is 0 Å². The zero-order valence-corrected chi connectivity index (χ0v) is 17.1. The number of rotatable bonds is 8. The van der Waals surface area contributed by atoms with Gasteiger partial charge in [0.05, 0.1) is 5.69 Å². The first-order valence-electron chi connectivity index (χ1n) is 9.72. The molecule has 3 N–H and O–H groups in total. The van der Waals surface area contributed by atoms with Crippen molar-refractivity contribution in [2.45, 2.75) is 19.8 Å². The minimum atomic E-state index is -0.0875. The van der Waals surface area contributed by atoms with Gasteiger partial charge >= 0.3 is 0 Å². The lowest BCUT2D eigenvalue weighted by Crippen LogP contribution is -2.26. The molecule has 0 atom stereocenters. The second kappa shape index (κ2) is 9.19. The first-order valence-corrected chi connectivity index (χ1v) is 9.72. The van der Waals surface area contributed by atoms with E-state index < -0.39 is 0 Å². The summed E-state index contributed by atoms with van der Waals surface area (Å²) >= 11 is 0. The standard InChI is InChI=1S/C23H27N5O/c1-16-13-22(28(3)27-16)23(29)26-12-4-5-17-6-8-18(9-7-17)19-10-11-21(25-2)20(14-19)15-24/h6-11,13-15,24-25H,4-5,12H2,1-3H3,(H,26,29). The van der Waals surface area contributed by atoms with Crippen molar-refractivity contribution in [1.82, 2.24) is 15.1 Å². The average Bonchev–Trinajstić information content (AvgIpc) is 3.09. The van der Waals surface area contributed by atoms with E-state index in [1.54, 1.807) is 17.8 Å². The maximum atomic E-state index is 12.2. The monoisotopic (exact) mass is 389 g/mol. The van der Waals surface area contributed by atoms with Crippen molar-refractivity contribution in [3.8, 4) is 11.1 Å². The predicted octanol–water partition coefficient (Wildman–Crippen LogP) is 3.80. The van der Waals surface area contributed by atoms with Gasteiger partial charge in [-0.3, -0.25) is 9.48 Å². The summed E-state index contributed by atoms with van der Waals surface area (Å²) in [5, 5.41) is 17.8. The summed E-state index contributed by atoms with van der Waals surface area (Å²) in [4.78, 5) is 12.2. The van der Waals surface area contributed by atoms with E-state index in [0.29, 0.717) is 12.2 Å². The molecule has 6 nitrogen and oxygen atoms in total. The minimum Gasteiger partial charge on any atom is -0.388 e. The fraction of sp³-hybridized carbons (Fsp3) is 0.261. The zero-order chi connectivity index (χ0) is 20.8. The van der Waals surface area contributed by atoms with E-state index in [1.165, 1.54) is 11.8 Å². The average molecular weight is 390 g/mol. The predicted molar refractivity (Wildman–Crippen MR) is 118 cm³/mol. The van der Waals surface area contributed by atoms with Gasteiger partial charge in [-0.1, -0.05) is 30.3 Å². The number of hydrogen-bond acceptors (Lipinski definition) is 4. The molecule has 150 valence electrons. The summed E-state index contributed by atoms with van der Waals surface area (Å²) in [6.45, 7) is 2.50. The summed E-state index contributed by atoms with van der Waals surface area (Å²) in [7, 11) is 3.64. The number of benzene rings is 2. The Bertz CT molecular complexity index is 1000. The molecule has 2 aromatic carbocycles. The fourth-order valence-electron chi connectivity index (χ4n) is 3.36. The molecule has 0 aliphatic rings. The third-order valence-electron chi connectivity index (χ3n) is 4.93. The van der Waals surface area contributed by atoms with Crippen LogP contribution in [0, 0.1) is 12.3 Å². The number of carbonyl (C=O) groups excluding carboxylic acids is 1. The van der Waals surface area contributed by atoms with Gasteiger partial charge in [0.1, 0.15) is 5.69 Å². The molecule has 1 heterocycles. The van der Waals surface area contributed by atoms with E-state index in [1.807, 2.05) is 26.1 Å². The summed E-state index contributed by atoms with van der Waals surface area (Å²) in [5.41, 5.74) is 6.69. The Morgan fingerprint density at radius 3 is 2.48 bits per heavy atom. The molecule has 0 aliphatic heterocycles. The Morgan fingerprint density at radius 1 is 1.14 bits per heavy atom. The number of anilines is 1. The molecule has 1 amide bonds. The summed E-state index contributed by atoms with van der Waals surface area (Å²) < 4.78 is 1.61. The van der Waals surface area contributed by atoms with Crippen molar-refractivity contribution in [2.24, 2.45) is 7.05 Å². The van der Waals surface area contributed by atoms with Crippen LogP contribution in [0.2, 0.25) is 0 Å². The van der Waals surface area contributed by atoms with Crippen molar-refractivity contribution in [3.63, 3.8) is 0 Å². The Balaban J connectivity index is 1.54. The highest BCUT2D eigenvalue weighted by atomic mass is 16.2. The Labute approximate surface area is 171 Å². The van der Waals surface area contributed by atoms with Crippen LogP contribution in [-0.4, -0.2) is 35.5 Å². The smallest absolute Gasteiger partial charge is 0.269 e. The molecule has 0 saturated heterocycles. The van der Waals surface area contributed by atoms with Crippen LogP contribution < -0.4 is 10.6 Å². The summed E-state index contributed by atoms with van der Waals surface area (Å²) in [6, 6.07) is 16.3. The molecule has 0 spiro atoms. The number of amides is 1. The van der Waals surface area contributed by atoms with E-state index in [2.05, 4.69) is 46.1 Å². The quantitative estimate of drug-likeness (QED) is 0.405. The van der Waals surface area contributed by atoms with Crippen molar-refractivity contribution < 1.29 is 4.79 Å². The van der Waals surface area contributed by atoms with E-state index >= 15 is 0 Å². The molecular formula is C23H27N5O. The molecule has 0 unspecified atom stereocenters. The highest BCUT2D eigenvalue weighted by Gasteiger charge is 2.10. The lowest BCUT2D eigenvalue weighted by molar-refractivity contribution is 0.0944. The van der Waals surface area contributed by atoms with Crippen LogP contribution in [0.5, 0.6) is 0 Å². The van der Waals surface area contributed by atoms with Crippen LogP contribution in [-0.2, 0) is 13.5 Å². The Kier molecular flexibility index (Phi) is 6.44. The van der Waals surface area contributed by atoms with Gasteiger partial charge in [0, 0.05) is 38.1 Å². The van der Waals surface area contributed by atoms with Crippen LogP contribution in [0.1, 0.15) is 33.7 Å². The molecule has 0 bridgehead atoms. The molecule has 3 aromatic rings. The van der Waals surface area contributed by atoms with Gasteiger partial charge in [-0.2, -0.15) is 5.10 Å². The molecule has 3 rings (SSSR count). The van der Waals surface area contributed by atoms with Crippen molar-refractivity contribution in [3.05, 3.63) is 71.0 Å². The van der Waals surface area contributed by atoms with Gasteiger partial charge in [-0.25, -0.2) is 0 Å². The van der Waals surface area contributed by atoms with Gasteiger partial charge in [0.2, 0.25) is 0 Å². The second-order valence-electron chi connectivity index (χ2n) is 7.05. The molecule has 0 saturated carbocycles. The maximum absolute atomic E-state index is 12.2. The first-order chi connectivity index (χ1) is 14.0. The van der Waals surface area contributed by atoms with Crippen LogP contribution in [0.3, 0.4) is 0 Å². The third-order valence-corrected chi connectivity index (χ3v) is 4.93. The Morgan fingerprint density at radius 2 is 1.86 bits per heavy atom. The van der Waals surface area contributed by atoms with Crippen molar-refractivity contribution in [2.75, 3.05) is 18.9 Å². The molecule has 29 heavy (non-hydrogen) atoms. The number of carbonyl (C=O) groups is 1. The lowest BCUT2D eigenvalue weighted by atomic mass is 10.00. The van der Waals surface area contributed by atoms with Gasteiger partial charge in [0.15, 0.2) is 0 Å². The highest BCUT2D eigenvalue weighted by Crippen LogP contribution is 2.24. The third kappa shape index (κ3) is 4.90. The number of aromatic nitrogens is 2. The number of aryl methyl sites for hydroxylation is 3. The number of nitrogens with one attached hydrogen (secondary N) is 3. The second-order valence-corrected chi connectivity index (χ2v) is 7.05. The van der Waals surface area contributed by atoms with Crippen molar-refractivity contribution >= 4 is 17.8 Å². The van der Waals surface area contributed by atoms with Gasteiger partial charge in [0.25, 0.3) is 5.91 Å². The topological polar surface area (TPSA) is 82.8 Å². The molecule has 1 aromatic heterocycles. The summed E-state index contributed by atoms with van der Waals surface area (Å²) in [6.07, 6.45) is 3.14. The largest absolute Gasteiger partial charge is 0.388 e. The zero-order valence-electron chi connectivity index (χ0n) is 17.1. The fourth-order valence-corrected chi connectivity index (χ4v) is 3.36. The molecular weight excluding hydrogens is 362 g/mol. The SMILES string of the molecule is CNc1ccc(-c2ccc(CCCNC(=O)c3cc(C)nn3C)cc2)cc1C=N. The van der Waals surface area contributed by atoms with Gasteiger partial charge < -0.3 is 16.0 Å². The number of hydrogen-bond donors (Lipinski definition) is 3. The summed E-state index contributed by atoms with van der Waals surface area (Å²) in [5.74, 6) is -0.0875. The van der Waals surface area contributed by atoms with E-state index in [9.17, 15) is 4.79 Å². The van der Waals surface area contributed by atoms with Gasteiger partial charge in [-0.15, -0.1) is 0 Å². The van der Waals surface area contributed by atoms with Crippen LogP contribution in [0.15, 0.2) is 48.5 Å². The van der Waals surface area contributed by atoms with Crippen LogP contribution in [0.25, 0.3) is 11.1 Å². The highest BCUT2D eigenvalue weighted by molar-refractivity contribution is 5.92. The maximum Gasteiger partial charge on any atom is 0.269 e. The Hall–Kier alpha value is -3.41. The van der Waals surface area contributed by atoms with E-state index in [-0.39, 0.29) is 5.91 Å². The van der Waals surface area contributed by atoms with Crippen LogP contribution in [0.4, 0.5) is 5.69 Å². The molecule has 0 aliphatic carbocycles. The normalized spacial score (nSPS) is 10.6. The first kappa shape index (κ1) is 20.3. The number of nitrogens with zero attached hydrogens (tertiary/aromatic N) is 2. The molecule has 0 radical (unpaired) electrons. The lowest BCUT2D eigenvalue weighted by Gasteiger charge is -2.09. The molecule has 6 heteroatoms. The van der Waals surface area contributed by atoms with Crippen molar-refractivity contribution in [1.29, 1.82) is 5.41 Å². The van der Waals surface area contributed by atoms with E-state index in [0.717, 1.165) is 40.9 Å². The molecule has 0 fully saturated rings.